The Bertz CT molecular complexity index is 853. The lowest BCUT2D eigenvalue weighted by Gasteiger charge is -2.04. The van der Waals surface area contributed by atoms with E-state index >= 15 is 0 Å². The molecule has 3 aromatic rings. The number of fused-ring (bicyclic) bond motifs is 1. The summed E-state index contributed by atoms with van der Waals surface area (Å²) in [6, 6.07) is 4.94. The van der Waals surface area contributed by atoms with Gasteiger partial charge in [0.25, 0.3) is 5.56 Å². The first-order valence-corrected chi connectivity index (χ1v) is 7.16. The third-order valence-corrected chi connectivity index (χ3v) is 3.49. The van der Waals surface area contributed by atoms with E-state index in [1.54, 1.807) is 23.1 Å². The molecule has 3 heterocycles. The molecule has 8 heteroatoms. The van der Waals surface area contributed by atoms with Crippen LogP contribution in [-0.4, -0.2) is 24.4 Å². The van der Waals surface area contributed by atoms with Gasteiger partial charge in [-0.25, -0.2) is 9.67 Å². The van der Waals surface area contributed by atoms with Crippen LogP contribution in [0.5, 0.6) is 0 Å². The average Bonchev–Trinajstić information content (AvgIpc) is 2.88. The maximum atomic E-state index is 12.1. The van der Waals surface area contributed by atoms with Crippen molar-refractivity contribution in [3.05, 3.63) is 56.8 Å². The largest absolute Gasteiger partial charge is 0.323 e. The molecule has 0 aliphatic heterocycles. The normalized spacial score (nSPS) is 12.7. The Labute approximate surface area is 128 Å². The minimum atomic E-state index is -0.175. The highest BCUT2D eigenvalue weighted by Gasteiger charge is 2.08. The molecule has 0 fully saturated rings. The van der Waals surface area contributed by atoms with Gasteiger partial charge in [0.05, 0.1) is 24.1 Å². The Kier molecular flexibility index (Phi) is 3.56. The Balaban J connectivity index is 1.97. The van der Waals surface area contributed by atoms with E-state index < -0.39 is 0 Å². The zero-order valence-electron chi connectivity index (χ0n) is 11.3. The molecule has 0 aliphatic carbocycles. The Morgan fingerprint density at radius 1 is 1.38 bits per heavy atom. The van der Waals surface area contributed by atoms with Gasteiger partial charge >= 0.3 is 0 Å². The summed E-state index contributed by atoms with van der Waals surface area (Å²) in [6.07, 6.45) is 3.45. The highest BCUT2D eigenvalue weighted by molar-refractivity contribution is 9.10. The molecule has 0 saturated carbocycles. The van der Waals surface area contributed by atoms with E-state index in [2.05, 4.69) is 31.2 Å². The monoisotopic (exact) mass is 348 g/mol. The first-order chi connectivity index (χ1) is 10.0. The van der Waals surface area contributed by atoms with Gasteiger partial charge in [-0.1, -0.05) is 5.21 Å². The summed E-state index contributed by atoms with van der Waals surface area (Å²) in [5.41, 5.74) is 7.53. The minimum Gasteiger partial charge on any atom is -0.323 e. The van der Waals surface area contributed by atoms with E-state index in [0.29, 0.717) is 23.6 Å². The minimum absolute atomic E-state index is 0.135. The topological polar surface area (TPSA) is 91.1 Å². The van der Waals surface area contributed by atoms with Crippen LogP contribution >= 0.6 is 15.9 Å². The Hall–Kier alpha value is -2.06. The van der Waals surface area contributed by atoms with Gasteiger partial charge in [0, 0.05) is 22.8 Å². The summed E-state index contributed by atoms with van der Waals surface area (Å²) >= 11 is 3.33. The van der Waals surface area contributed by atoms with Gasteiger partial charge in [-0.2, -0.15) is 0 Å². The SMILES string of the molecule is CC(N)c1cn(Cc2cc(=O)n3cc(Br)ccc3n2)nn1. The van der Waals surface area contributed by atoms with Gasteiger partial charge in [-0.05, 0) is 35.0 Å². The van der Waals surface area contributed by atoms with Crippen LogP contribution in [0.2, 0.25) is 0 Å². The molecule has 0 aliphatic rings. The summed E-state index contributed by atoms with van der Waals surface area (Å²) in [7, 11) is 0. The lowest BCUT2D eigenvalue weighted by Crippen LogP contribution is -2.16. The maximum Gasteiger partial charge on any atom is 0.258 e. The van der Waals surface area contributed by atoms with Crippen molar-refractivity contribution in [3.63, 3.8) is 0 Å². The van der Waals surface area contributed by atoms with Crippen molar-refractivity contribution in [1.29, 1.82) is 0 Å². The van der Waals surface area contributed by atoms with E-state index in [1.165, 1.54) is 10.5 Å². The third-order valence-electron chi connectivity index (χ3n) is 3.02. The summed E-state index contributed by atoms with van der Waals surface area (Å²) in [6.45, 7) is 2.22. The van der Waals surface area contributed by atoms with Crippen LogP contribution < -0.4 is 11.3 Å². The number of nitrogens with two attached hydrogens (primary N) is 1. The van der Waals surface area contributed by atoms with Crippen molar-refractivity contribution in [2.24, 2.45) is 5.73 Å². The lowest BCUT2D eigenvalue weighted by molar-refractivity contribution is 0.636. The van der Waals surface area contributed by atoms with Gasteiger partial charge < -0.3 is 5.73 Å². The third kappa shape index (κ3) is 2.86. The molecule has 21 heavy (non-hydrogen) atoms. The number of hydrogen-bond donors (Lipinski definition) is 1. The Morgan fingerprint density at radius 3 is 2.90 bits per heavy atom. The standard InChI is InChI=1S/C13H13BrN6O/c1-8(15)11-7-19(18-17-11)6-10-4-13(21)20-5-9(14)2-3-12(20)16-10/h2-5,7-8H,6,15H2,1H3. The quantitative estimate of drug-likeness (QED) is 0.765. The highest BCUT2D eigenvalue weighted by Crippen LogP contribution is 2.10. The molecule has 0 saturated heterocycles. The number of aromatic nitrogens is 5. The Morgan fingerprint density at radius 2 is 2.19 bits per heavy atom. The fourth-order valence-corrected chi connectivity index (χ4v) is 2.31. The van der Waals surface area contributed by atoms with Crippen molar-refractivity contribution in [2.75, 3.05) is 0 Å². The molecular weight excluding hydrogens is 336 g/mol. The second-order valence-corrected chi connectivity index (χ2v) is 5.71. The van der Waals surface area contributed by atoms with Crippen LogP contribution in [0.1, 0.15) is 24.4 Å². The number of hydrogen-bond acceptors (Lipinski definition) is 5. The molecule has 0 aromatic carbocycles. The first-order valence-electron chi connectivity index (χ1n) is 6.36. The van der Waals surface area contributed by atoms with Crippen molar-refractivity contribution in [2.45, 2.75) is 19.5 Å². The highest BCUT2D eigenvalue weighted by atomic mass is 79.9. The van der Waals surface area contributed by atoms with Crippen LogP contribution in [0.3, 0.4) is 0 Å². The van der Waals surface area contributed by atoms with Crippen LogP contribution in [0.15, 0.2) is 39.9 Å². The van der Waals surface area contributed by atoms with Gasteiger partial charge in [0.2, 0.25) is 0 Å². The predicted octanol–water partition coefficient (Wildman–Crippen LogP) is 1.12. The fourth-order valence-electron chi connectivity index (χ4n) is 1.97. The average molecular weight is 349 g/mol. The molecule has 2 N–H and O–H groups in total. The van der Waals surface area contributed by atoms with Crippen LogP contribution in [0.4, 0.5) is 0 Å². The molecule has 1 unspecified atom stereocenters. The summed E-state index contributed by atoms with van der Waals surface area (Å²) in [5.74, 6) is 0. The first kappa shape index (κ1) is 13.9. The van der Waals surface area contributed by atoms with E-state index in [0.717, 1.165) is 4.47 Å². The second kappa shape index (κ2) is 5.38. The van der Waals surface area contributed by atoms with Crippen molar-refractivity contribution < 1.29 is 0 Å². The second-order valence-electron chi connectivity index (χ2n) is 4.79. The zero-order valence-corrected chi connectivity index (χ0v) is 12.9. The van der Waals surface area contributed by atoms with Gasteiger partial charge in [-0.3, -0.25) is 9.20 Å². The van der Waals surface area contributed by atoms with Crippen LogP contribution in [-0.2, 0) is 6.54 Å². The van der Waals surface area contributed by atoms with Crippen molar-refractivity contribution in [3.8, 4) is 0 Å². The molecule has 3 aromatic heterocycles. The van der Waals surface area contributed by atoms with Crippen LogP contribution in [0.25, 0.3) is 5.65 Å². The zero-order chi connectivity index (χ0) is 15.0. The number of pyridine rings is 1. The molecular formula is C13H13BrN6O. The van der Waals surface area contributed by atoms with Gasteiger partial charge in [0.1, 0.15) is 5.65 Å². The smallest absolute Gasteiger partial charge is 0.258 e. The number of nitrogens with zero attached hydrogens (tertiary/aromatic N) is 5. The molecule has 3 rings (SSSR count). The molecule has 7 nitrogen and oxygen atoms in total. The molecule has 0 amide bonds. The summed E-state index contributed by atoms with van der Waals surface area (Å²) in [4.78, 5) is 16.5. The summed E-state index contributed by atoms with van der Waals surface area (Å²) < 4.78 is 3.93. The van der Waals surface area contributed by atoms with E-state index in [1.807, 2.05) is 13.0 Å². The van der Waals surface area contributed by atoms with Gasteiger partial charge in [-0.15, -0.1) is 5.10 Å². The lowest BCUT2D eigenvalue weighted by atomic mass is 10.3. The van der Waals surface area contributed by atoms with Crippen molar-refractivity contribution in [1.82, 2.24) is 24.4 Å². The summed E-state index contributed by atoms with van der Waals surface area (Å²) in [5, 5.41) is 7.97. The van der Waals surface area contributed by atoms with Gasteiger partial charge in [0.15, 0.2) is 0 Å². The van der Waals surface area contributed by atoms with E-state index in [4.69, 9.17) is 5.73 Å². The van der Waals surface area contributed by atoms with Crippen molar-refractivity contribution >= 4 is 21.6 Å². The fraction of sp³-hybridized carbons (Fsp3) is 0.231. The van der Waals surface area contributed by atoms with Crippen LogP contribution in [0, 0.1) is 0 Å². The molecule has 0 radical (unpaired) electrons. The molecule has 108 valence electrons. The molecule has 1 atom stereocenters. The number of rotatable bonds is 3. The van der Waals surface area contributed by atoms with E-state index in [-0.39, 0.29) is 11.6 Å². The van der Waals surface area contributed by atoms with E-state index in [9.17, 15) is 4.79 Å². The number of halogens is 1. The maximum absolute atomic E-state index is 12.1. The molecule has 0 spiro atoms. The predicted molar refractivity (Wildman–Crippen MR) is 80.9 cm³/mol. The molecule has 0 bridgehead atoms.